The molecule has 0 aromatic heterocycles. The molecule has 3 aromatic carbocycles. The van der Waals surface area contributed by atoms with Crippen LogP contribution >= 0.6 is 0 Å². The Morgan fingerprint density at radius 2 is 1.63 bits per heavy atom. The van der Waals surface area contributed by atoms with Crippen molar-refractivity contribution in [3.63, 3.8) is 0 Å². The third-order valence-corrected chi connectivity index (χ3v) is 6.26. The Morgan fingerprint density at radius 1 is 0.833 bits per heavy atom. The molecule has 0 nitrogen and oxygen atoms in total. The fourth-order valence-corrected chi connectivity index (χ4v) is 4.56. The van der Waals surface area contributed by atoms with Gasteiger partial charge < -0.3 is 0 Å². The summed E-state index contributed by atoms with van der Waals surface area (Å²) in [5, 5.41) is 0.778. The maximum Gasteiger partial charge on any atom is 0.166 e. The SMILES string of the molecule is CCCC1CCC(c2ccc(C#Cc3ccc4c(F)c(F)ccc4c3)c(F)c2)CC1. The second-order valence-corrected chi connectivity index (χ2v) is 8.29. The summed E-state index contributed by atoms with van der Waals surface area (Å²) in [4.78, 5) is 0. The van der Waals surface area contributed by atoms with Gasteiger partial charge in [-0.25, -0.2) is 13.2 Å². The fraction of sp³-hybridized carbons (Fsp3) is 0.333. The van der Waals surface area contributed by atoms with Crippen LogP contribution in [0.5, 0.6) is 0 Å². The van der Waals surface area contributed by atoms with Crippen molar-refractivity contribution in [1.29, 1.82) is 0 Å². The monoisotopic (exact) mass is 406 g/mol. The first-order chi connectivity index (χ1) is 14.5. The van der Waals surface area contributed by atoms with Gasteiger partial charge in [0.15, 0.2) is 11.6 Å². The van der Waals surface area contributed by atoms with E-state index in [2.05, 4.69) is 18.8 Å². The summed E-state index contributed by atoms with van der Waals surface area (Å²) in [6, 6.07) is 12.8. The molecule has 1 aliphatic rings. The van der Waals surface area contributed by atoms with Gasteiger partial charge in [0, 0.05) is 10.9 Å². The lowest BCUT2D eigenvalue weighted by Gasteiger charge is -2.28. The first-order valence-corrected chi connectivity index (χ1v) is 10.7. The summed E-state index contributed by atoms with van der Waals surface area (Å²) < 4.78 is 41.8. The van der Waals surface area contributed by atoms with Crippen molar-refractivity contribution in [1.82, 2.24) is 0 Å². The van der Waals surface area contributed by atoms with Crippen LogP contribution in [0.25, 0.3) is 10.8 Å². The minimum atomic E-state index is -0.873. The zero-order valence-electron chi connectivity index (χ0n) is 17.2. The molecule has 4 rings (SSSR count). The van der Waals surface area contributed by atoms with Gasteiger partial charge in [0.05, 0.1) is 5.56 Å². The van der Waals surface area contributed by atoms with Gasteiger partial charge in [-0.2, -0.15) is 0 Å². The number of hydrogen-bond donors (Lipinski definition) is 0. The lowest BCUT2D eigenvalue weighted by atomic mass is 9.77. The lowest BCUT2D eigenvalue weighted by molar-refractivity contribution is 0.308. The van der Waals surface area contributed by atoms with E-state index < -0.39 is 11.6 Å². The molecule has 154 valence electrons. The molecular formula is C27H25F3. The van der Waals surface area contributed by atoms with Gasteiger partial charge in [-0.3, -0.25) is 0 Å². The molecule has 0 N–H and O–H groups in total. The average molecular weight is 406 g/mol. The lowest BCUT2D eigenvalue weighted by Crippen LogP contribution is -2.13. The van der Waals surface area contributed by atoms with Crippen LogP contribution in [-0.2, 0) is 0 Å². The van der Waals surface area contributed by atoms with E-state index in [1.54, 1.807) is 24.3 Å². The van der Waals surface area contributed by atoms with Gasteiger partial charge in [0.2, 0.25) is 0 Å². The Balaban J connectivity index is 1.51. The molecule has 0 saturated heterocycles. The van der Waals surface area contributed by atoms with Gasteiger partial charge in [-0.1, -0.05) is 49.8 Å². The summed E-state index contributed by atoms with van der Waals surface area (Å²) in [7, 11) is 0. The summed E-state index contributed by atoms with van der Waals surface area (Å²) in [6.07, 6.45) is 7.25. The quantitative estimate of drug-likeness (QED) is 0.390. The van der Waals surface area contributed by atoms with Crippen molar-refractivity contribution in [2.45, 2.75) is 51.4 Å². The molecular weight excluding hydrogens is 381 g/mol. The molecule has 30 heavy (non-hydrogen) atoms. The summed E-state index contributed by atoms with van der Waals surface area (Å²) in [6.45, 7) is 2.23. The van der Waals surface area contributed by atoms with E-state index in [9.17, 15) is 13.2 Å². The number of halogens is 3. The summed E-state index contributed by atoms with van der Waals surface area (Å²) in [5.41, 5.74) is 2.05. The maximum atomic E-state index is 14.7. The van der Waals surface area contributed by atoms with Crippen LogP contribution in [0.4, 0.5) is 13.2 Å². The predicted octanol–water partition coefficient (Wildman–Crippen LogP) is 7.73. The van der Waals surface area contributed by atoms with Crippen molar-refractivity contribution in [2.75, 3.05) is 0 Å². The Labute approximate surface area is 176 Å². The molecule has 1 saturated carbocycles. The molecule has 1 fully saturated rings. The first kappa shape index (κ1) is 20.5. The fourth-order valence-electron chi connectivity index (χ4n) is 4.56. The van der Waals surface area contributed by atoms with Gasteiger partial charge in [0.25, 0.3) is 0 Å². The molecule has 0 atom stereocenters. The molecule has 1 aliphatic carbocycles. The van der Waals surface area contributed by atoms with E-state index in [1.165, 1.54) is 37.8 Å². The van der Waals surface area contributed by atoms with Crippen LogP contribution in [0.15, 0.2) is 48.5 Å². The second-order valence-electron chi connectivity index (χ2n) is 8.29. The highest BCUT2D eigenvalue weighted by Gasteiger charge is 2.22. The first-order valence-electron chi connectivity index (χ1n) is 10.7. The second kappa shape index (κ2) is 8.96. The molecule has 0 aliphatic heterocycles. The summed E-state index contributed by atoms with van der Waals surface area (Å²) >= 11 is 0. The number of rotatable bonds is 3. The van der Waals surface area contributed by atoms with E-state index >= 15 is 0 Å². The van der Waals surface area contributed by atoms with Gasteiger partial charge in [0.1, 0.15) is 5.82 Å². The molecule has 0 radical (unpaired) electrons. The van der Waals surface area contributed by atoms with E-state index in [1.807, 2.05) is 6.07 Å². The van der Waals surface area contributed by atoms with E-state index in [0.717, 1.165) is 30.4 Å². The van der Waals surface area contributed by atoms with Crippen molar-refractivity contribution >= 4 is 10.8 Å². The highest BCUT2D eigenvalue weighted by Crippen LogP contribution is 2.37. The minimum absolute atomic E-state index is 0.213. The Hall–Kier alpha value is -2.73. The van der Waals surface area contributed by atoms with Crippen LogP contribution in [0.2, 0.25) is 0 Å². The van der Waals surface area contributed by atoms with E-state index in [4.69, 9.17) is 0 Å². The van der Waals surface area contributed by atoms with E-state index in [-0.39, 0.29) is 11.2 Å². The zero-order chi connectivity index (χ0) is 21.1. The molecule has 3 heteroatoms. The predicted molar refractivity (Wildman–Crippen MR) is 116 cm³/mol. The standard InChI is InChI=1S/C27H25F3/c1-2-3-18-4-8-20(9-5-18)22-12-11-21(26(29)17-22)10-6-19-7-14-24-23(16-19)13-15-25(28)27(24)30/h7,11-18,20H,2-5,8-9H2,1H3. The van der Waals surface area contributed by atoms with Crippen molar-refractivity contribution in [2.24, 2.45) is 5.92 Å². The molecule has 3 aromatic rings. The normalized spacial score (nSPS) is 18.8. The molecule has 0 amide bonds. The molecule has 0 bridgehead atoms. The largest absolute Gasteiger partial charge is 0.206 e. The summed E-state index contributed by atoms with van der Waals surface area (Å²) in [5.74, 6) is 5.05. The van der Waals surface area contributed by atoms with Gasteiger partial charge in [-0.05, 0) is 78.8 Å². The van der Waals surface area contributed by atoms with Gasteiger partial charge >= 0.3 is 0 Å². The van der Waals surface area contributed by atoms with Crippen LogP contribution in [-0.4, -0.2) is 0 Å². The maximum absolute atomic E-state index is 14.7. The van der Waals surface area contributed by atoms with Crippen LogP contribution < -0.4 is 0 Å². The van der Waals surface area contributed by atoms with Crippen molar-refractivity contribution in [3.8, 4) is 11.8 Å². The van der Waals surface area contributed by atoms with Crippen LogP contribution in [0.3, 0.4) is 0 Å². The number of hydrogen-bond acceptors (Lipinski definition) is 0. The number of fused-ring (bicyclic) bond motifs is 1. The third kappa shape index (κ3) is 4.38. The van der Waals surface area contributed by atoms with E-state index in [0.29, 0.717) is 22.4 Å². The molecule has 0 heterocycles. The molecule has 0 unspecified atom stereocenters. The topological polar surface area (TPSA) is 0 Å². The zero-order valence-corrected chi connectivity index (χ0v) is 17.2. The number of benzene rings is 3. The van der Waals surface area contributed by atoms with Crippen molar-refractivity contribution < 1.29 is 13.2 Å². The minimum Gasteiger partial charge on any atom is -0.206 e. The molecule has 0 spiro atoms. The third-order valence-electron chi connectivity index (χ3n) is 6.26. The highest BCUT2D eigenvalue weighted by atomic mass is 19.2. The Kier molecular flexibility index (Phi) is 6.13. The van der Waals surface area contributed by atoms with Gasteiger partial charge in [-0.15, -0.1) is 0 Å². The highest BCUT2D eigenvalue weighted by molar-refractivity contribution is 5.84. The van der Waals surface area contributed by atoms with Crippen LogP contribution in [0.1, 0.15) is 68.1 Å². The smallest absolute Gasteiger partial charge is 0.166 e. The van der Waals surface area contributed by atoms with Crippen molar-refractivity contribution in [3.05, 3.63) is 82.7 Å². The average Bonchev–Trinajstić information content (AvgIpc) is 2.76. The van der Waals surface area contributed by atoms with Crippen LogP contribution in [0, 0.1) is 35.2 Å². The Morgan fingerprint density at radius 3 is 2.37 bits per heavy atom. The Bertz CT molecular complexity index is 1110.